The second kappa shape index (κ2) is 3.94. The average Bonchev–Trinajstić information content (AvgIpc) is 1.97. The normalized spacial score (nSPS) is 11.8. The third kappa shape index (κ3) is 2.73. The lowest BCUT2D eigenvalue weighted by Gasteiger charge is -2.08. The quantitative estimate of drug-likeness (QED) is 0.448. The van der Waals surface area contributed by atoms with Crippen molar-refractivity contribution in [2.75, 3.05) is 0 Å². The zero-order valence-corrected chi connectivity index (χ0v) is 10.4. The minimum absolute atomic E-state index is 0.0994. The molecule has 0 saturated heterocycles. The lowest BCUT2D eigenvalue weighted by atomic mass is 10.2. The first-order valence-electron chi connectivity index (χ1n) is 3.04. The zero-order chi connectivity index (χ0) is 10.2. The molecule has 0 unspecified atom stereocenters. The van der Waals surface area contributed by atoms with Crippen molar-refractivity contribution in [3.8, 4) is 0 Å². The van der Waals surface area contributed by atoms with Crippen LogP contribution in [0.4, 0.5) is 13.2 Å². The van der Waals surface area contributed by atoms with Gasteiger partial charge in [-0.25, -0.2) is 0 Å². The smallest absolute Gasteiger partial charge is 0.166 e. The van der Waals surface area contributed by atoms with E-state index < -0.39 is 11.7 Å². The Bertz CT molecular complexity index is 314. The maximum Gasteiger partial charge on any atom is 0.416 e. The van der Waals surface area contributed by atoms with Gasteiger partial charge in [0.25, 0.3) is 0 Å². The second-order valence-electron chi connectivity index (χ2n) is 2.25. The van der Waals surface area contributed by atoms with E-state index in [0.29, 0.717) is 8.04 Å². The Morgan fingerprint density at radius 3 is 2.23 bits per heavy atom. The van der Waals surface area contributed by atoms with E-state index in [1.165, 1.54) is 0 Å². The van der Waals surface area contributed by atoms with Crippen LogP contribution in [-0.2, 0) is 6.18 Å². The molecule has 0 nitrogen and oxygen atoms in total. The van der Waals surface area contributed by atoms with Gasteiger partial charge in [-0.3, -0.25) is 0 Å². The molecule has 0 spiro atoms. The molecule has 1 aromatic carbocycles. The van der Waals surface area contributed by atoms with Crippen molar-refractivity contribution in [2.45, 2.75) is 6.18 Å². The topological polar surface area (TPSA) is 0 Å². The number of halogens is 6. The molecule has 0 saturated carbocycles. The number of hydrogen-bond donors (Lipinski definition) is 0. The van der Waals surface area contributed by atoms with E-state index >= 15 is 0 Å². The SMILES string of the molecule is FC(F)(F)c1cc(Cl)c(I)c(Br)c1. The Labute approximate surface area is 99.7 Å². The van der Waals surface area contributed by atoms with E-state index in [2.05, 4.69) is 15.9 Å². The Hall–Kier alpha value is 0.510. The molecule has 0 heterocycles. The van der Waals surface area contributed by atoms with Crippen LogP contribution in [0.5, 0.6) is 0 Å². The molecule has 0 radical (unpaired) electrons. The van der Waals surface area contributed by atoms with Crippen LogP contribution in [0, 0.1) is 3.57 Å². The minimum Gasteiger partial charge on any atom is -0.166 e. The van der Waals surface area contributed by atoms with Crippen LogP contribution in [-0.4, -0.2) is 0 Å². The molecule has 0 fully saturated rings. The highest BCUT2D eigenvalue weighted by Crippen LogP contribution is 2.36. The maximum absolute atomic E-state index is 12.2. The molecule has 1 aromatic rings. The average molecular weight is 385 g/mol. The molecule has 0 aliphatic carbocycles. The standard InChI is InChI=1S/C7H2BrClF3I/c8-4-1-3(7(10,11)12)2-5(9)6(4)13/h1-2H. The zero-order valence-electron chi connectivity index (χ0n) is 5.92. The molecular formula is C7H2BrClF3I. The van der Waals surface area contributed by atoms with Crippen molar-refractivity contribution < 1.29 is 13.2 Å². The summed E-state index contributed by atoms with van der Waals surface area (Å²) in [6.07, 6.45) is -4.35. The van der Waals surface area contributed by atoms with Gasteiger partial charge in [-0.15, -0.1) is 0 Å². The molecule has 13 heavy (non-hydrogen) atoms. The molecule has 0 amide bonds. The van der Waals surface area contributed by atoms with Crippen LogP contribution >= 0.6 is 50.1 Å². The molecule has 0 aromatic heterocycles. The summed E-state index contributed by atoms with van der Waals surface area (Å²) in [4.78, 5) is 0. The molecule has 0 bridgehead atoms. The van der Waals surface area contributed by atoms with Crippen molar-refractivity contribution in [1.82, 2.24) is 0 Å². The summed E-state index contributed by atoms with van der Waals surface area (Å²) in [7, 11) is 0. The lowest BCUT2D eigenvalue weighted by molar-refractivity contribution is -0.137. The van der Waals surface area contributed by atoms with Crippen LogP contribution in [0.2, 0.25) is 5.02 Å². The predicted octanol–water partition coefficient (Wildman–Crippen LogP) is 4.73. The van der Waals surface area contributed by atoms with Gasteiger partial charge in [-0.1, -0.05) is 11.6 Å². The number of benzene rings is 1. The highest BCUT2D eigenvalue weighted by Gasteiger charge is 2.31. The van der Waals surface area contributed by atoms with Crippen molar-refractivity contribution in [2.24, 2.45) is 0 Å². The highest BCUT2D eigenvalue weighted by molar-refractivity contribution is 14.1. The van der Waals surface area contributed by atoms with Crippen molar-refractivity contribution in [3.63, 3.8) is 0 Å². The van der Waals surface area contributed by atoms with Gasteiger partial charge in [0.2, 0.25) is 0 Å². The molecule has 0 N–H and O–H groups in total. The van der Waals surface area contributed by atoms with Crippen molar-refractivity contribution in [1.29, 1.82) is 0 Å². The Morgan fingerprint density at radius 1 is 1.31 bits per heavy atom. The van der Waals surface area contributed by atoms with E-state index in [0.717, 1.165) is 12.1 Å². The van der Waals surface area contributed by atoms with Gasteiger partial charge in [0, 0.05) is 8.04 Å². The first kappa shape index (κ1) is 11.6. The minimum atomic E-state index is -4.35. The van der Waals surface area contributed by atoms with Crippen LogP contribution in [0.3, 0.4) is 0 Å². The van der Waals surface area contributed by atoms with E-state index in [1.54, 1.807) is 0 Å². The Morgan fingerprint density at radius 2 is 1.85 bits per heavy atom. The fraction of sp³-hybridized carbons (Fsp3) is 0.143. The van der Waals surface area contributed by atoms with E-state index in [9.17, 15) is 13.2 Å². The fourth-order valence-electron chi connectivity index (χ4n) is 0.719. The number of hydrogen-bond acceptors (Lipinski definition) is 0. The summed E-state index contributed by atoms with van der Waals surface area (Å²) in [5.74, 6) is 0. The van der Waals surface area contributed by atoms with Crippen LogP contribution in [0.25, 0.3) is 0 Å². The molecule has 0 atom stereocenters. The van der Waals surface area contributed by atoms with Gasteiger partial charge in [-0.05, 0) is 50.7 Å². The van der Waals surface area contributed by atoms with Gasteiger partial charge in [0.1, 0.15) is 0 Å². The van der Waals surface area contributed by atoms with E-state index in [1.807, 2.05) is 22.6 Å². The van der Waals surface area contributed by atoms with Crippen LogP contribution in [0.15, 0.2) is 16.6 Å². The van der Waals surface area contributed by atoms with Gasteiger partial charge in [-0.2, -0.15) is 13.2 Å². The first-order valence-corrected chi connectivity index (χ1v) is 5.29. The molecule has 0 aliphatic heterocycles. The number of rotatable bonds is 0. The summed E-state index contributed by atoms with van der Waals surface area (Å²) >= 11 is 10.5. The van der Waals surface area contributed by atoms with Crippen LogP contribution in [0.1, 0.15) is 5.56 Å². The molecule has 72 valence electrons. The first-order chi connectivity index (χ1) is 5.82. The third-order valence-electron chi connectivity index (χ3n) is 1.31. The summed E-state index contributed by atoms with van der Waals surface area (Å²) in [5.41, 5.74) is -0.746. The van der Waals surface area contributed by atoms with Crippen LogP contribution < -0.4 is 0 Å². The van der Waals surface area contributed by atoms with Gasteiger partial charge >= 0.3 is 6.18 Å². The predicted molar refractivity (Wildman–Crippen MR) is 56.9 cm³/mol. The summed E-state index contributed by atoms with van der Waals surface area (Å²) < 4.78 is 37.5. The molecule has 6 heteroatoms. The van der Waals surface area contributed by atoms with Gasteiger partial charge < -0.3 is 0 Å². The van der Waals surface area contributed by atoms with E-state index in [-0.39, 0.29) is 5.02 Å². The number of alkyl halides is 3. The Kier molecular flexibility index (Phi) is 3.51. The highest BCUT2D eigenvalue weighted by atomic mass is 127. The monoisotopic (exact) mass is 384 g/mol. The fourth-order valence-corrected chi connectivity index (χ4v) is 1.82. The van der Waals surface area contributed by atoms with Crippen molar-refractivity contribution in [3.05, 3.63) is 30.8 Å². The van der Waals surface area contributed by atoms with Gasteiger partial charge in [0.05, 0.1) is 10.6 Å². The summed E-state index contributed by atoms with van der Waals surface area (Å²) in [6, 6.07) is 1.92. The Balaban J connectivity index is 3.29. The van der Waals surface area contributed by atoms with E-state index in [4.69, 9.17) is 11.6 Å². The second-order valence-corrected chi connectivity index (χ2v) is 4.59. The molecular weight excluding hydrogens is 383 g/mol. The summed E-state index contributed by atoms with van der Waals surface area (Å²) in [6.45, 7) is 0. The van der Waals surface area contributed by atoms with Gasteiger partial charge in [0.15, 0.2) is 0 Å². The summed E-state index contributed by atoms with van der Waals surface area (Å²) in [5, 5.41) is 0.0994. The maximum atomic E-state index is 12.2. The largest absolute Gasteiger partial charge is 0.416 e. The molecule has 1 rings (SSSR count). The van der Waals surface area contributed by atoms with Crippen molar-refractivity contribution >= 4 is 50.1 Å². The molecule has 0 aliphatic rings. The lowest BCUT2D eigenvalue weighted by Crippen LogP contribution is -2.05. The third-order valence-corrected chi connectivity index (χ3v) is 4.46.